The van der Waals surface area contributed by atoms with Gasteiger partial charge < -0.3 is 10.5 Å². The standard InChI is InChI=1S/C14H28N2O/c1-3-11-10-16(9-8-12(11)15)13-6-4-5-7-14(13)17-2/h11-14H,3-10,15H2,1-2H3. The molecule has 0 aromatic rings. The summed E-state index contributed by atoms with van der Waals surface area (Å²) in [5, 5.41) is 0. The fourth-order valence-electron chi connectivity index (χ4n) is 3.58. The third-order valence-electron chi connectivity index (χ3n) is 4.79. The van der Waals surface area contributed by atoms with Crippen molar-refractivity contribution < 1.29 is 4.74 Å². The quantitative estimate of drug-likeness (QED) is 0.820. The molecule has 3 nitrogen and oxygen atoms in total. The third kappa shape index (κ3) is 3.01. The van der Waals surface area contributed by atoms with E-state index in [0.717, 1.165) is 6.42 Å². The number of hydrogen-bond acceptors (Lipinski definition) is 3. The smallest absolute Gasteiger partial charge is 0.0726 e. The first-order valence-corrected chi connectivity index (χ1v) is 7.28. The van der Waals surface area contributed by atoms with Crippen molar-refractivity contribution in [3.63, 3.8) is 0 Å². The maximum Gasteiger partial charge on any atom is 0.0726 e. The average molecular weight is 240 g/mol. The lowest BCUT2D eigenvalue weighted by Gasteiger charge is -2.45. The first-order valence-electron chi connectivity index (χ1n) is 7.28. The molecule has 3 heteroatoms. The monoisotopic (exact) mass is 240 g/mol. The van der Waals surface area contributed by atoms with Crippen LogP contribution in [-0.2, 0) is 4.74 Å². The van der Waals surface area contributed by atoms with Gasteiger partial charge in [0.05, 0.1) is 6.10 Å². The predicted molar refractivity (Wildman–Crippen MR) is 71.0 cm³/mol. The third-order valence-corrected chi connectivity index (χ3v) is 4.79. The molecule has 1 heterocycles. The van der Waals surface area contributed by atoms with E-state index in [4.69, 9.17) is 10.5 Å². The second-order valence-electron chi connectivity index (χ2n) is 5.74. The van der Waals surface area contributed by atoms with Gasteiger partial charge in [-0.3, -0.25) is 4.90 Å². The summed E-state index contributed by atoms with van der Waals surface area (Å²) < 4.78 is 5.68. The van der Waals surface area contributed by atoms with Crippen LogP contribution in [0, 0.1) is 5.92 Å². The molecule has 4 atom stereocenters. The number of methoxy groups -OCH3 is 1. The van der Waals surface area contributed by atoms with Crippen molar-refractivity contribution in [3.8, 4) is 0 Å². The highest BCUT2D eigenvalue weighted by Crippen LogP contribution is 2.29. The number of ether oxygens (including phenoxy) is 1. The molecule has 2 rings (SSSR count). The van der Waals surface area contributed by atoms with Gasteiger partial charge in [-0.1, -0.05) is 26.2 Å². The molecule has 17 heavy (non-hydrogen) atoms. The Bertz CT molecular complexity index is 234. The zero-order chi connectivity index (χ0) is 12.3. The van der Waals surface area contributed by atoms with Gasteiger partial charge in [0, 0.05) is 32.3 Å². The van der Waals surface area contributed by atoms with Crippen molar-refractivity contribution >= 4 is 0 Å². The molecular formula is C14H28N2O. The molecule has 4 unspecified atom stereocenters. The fraction of sp³-hybridized carbons (Fsp3) is 1.00. The Morgan fingerprint density at radius 1 is 1.24 bits per heavy atom. The van der Waals surface area contributed by atoms with Crippen LogP contribution >= 0.6 is 0 Å². The van der Waals surface area contributed by atoms with Crippen LogP contribution < -0.4 is 5.73 Å². The van der Waals surface area contributed by atoms with Gasteiger partial charge in [0.15, 0.2) is 0 Å². The molecule has 0 aromatic carbocycles. The van der Waals surface area contributed by atoms with Gasteiger partial charge in [-0.05, 0) is 25.2 Å². The number of piperidine rings is 1. The van der Waals surface area contributed by atoms with Crippen LogP contribution in [0.15, 0.2) is 0 Å². The molecule has 0 radical (unpaired) electrons. The number of hydrogen-bond donors (Lipinski definition) is 1. The minimum absolute atomic E-state index is 0.417. The van der Waals surface area contributed by atoms with Crippen LogP contribution in [0.4, 0.5) is 0 Å². The van der Waals surface area contributed by atoms with Gasteiger partial charge in [0.25, 0.3) is 0 Å². The Labute approximate surface area is 106 Å². The van der Waals surface area contributed by atoms with Gasteiger partial charge >= 0.3 is 0 Å². The second-order valence-corrected chi connectivity index (χ2v) is 5.74. The first-order chi connectivity index (χ1) is 8.26. The van der Waals surface area contributed by atoms with Gasteiger partial charge in [0.2, 0.25) is 0 Å². The van der Waals surface area contributed by atoms with Crippen LogP contribution in [0.3, 0.4) is 0 Å². The van der Waals surface area contributed by atoms with Crippen molar-refractivity contribution in [1.82, 2.24) is 4.90 Å². The molecule has 1 aliphatic carbocycles. The minimum atomic E-state index is 0.417. The lowest BCUT2D eigenvalue weighted by atomic mass is 9.85. The van der Waals surface area contributed by atoms with Crippen molar-refractivity contribution in [1.29, 1.82) is 0 Å². The molecule has 0 bridgehead atoms. The number of rotatable bonds is 3. The van der Waals surface area contributed by atoms with Gasteiger partial charge in [-0.15, -0.1) is 0 Å². The number of nitrogens with zero attached hydrogens (tertiary/aromatic N) is 1. The lowest BCUT2D eigenvalue weighted by Crippen LogP contribution is -2.54. The molecule has 2 aliphatic rings. The lowest BCUT2D eigenvalue weighted by molar-refractivity contribution is -0.0279. The van der Waals surface area contributed by atoms with E-state index in [1.807, 2.05) is 7.11 Å². The van der Waals surface area contributed by atoms with Crippen LogP contribution in [0.25, 0.3) is 0 Å². The number of likely N-dealkylation sites (tertiary alicyclic amines) is 1. The molecule has 1 saturated heterocycles. The zero-order valence-electron chi connectivity index (χ0n) is 11.4. The normalized spacial score (nSPS) is 40.4. The van der Waals surface area contributed by atoms with Crippen LogP contribution in [0.2, 0.25) is 0 Å². The summed E-state index contributed by atoms with van der Waals surface area (Å²) in [5.41, 5.74) is 6.19. The first kappa shape index (κ1) is 13.3. The Morgan fingerprint density at radius 3 is 2.71 bits per heavy atom. The largest absolute Gasteiger partial charge is 0.380 e. The Hall–Kier alpha value is -0.120. The highest BCUT2D eigenvalue weighted by atomic mass is 16.5. The summed E-state index contributed by atoms with van der Waals surface area (Å²) in [6, 6.07) is 1.07. The zero-order valence-corrected chi connectivity index (χ0v) is 11.4. The molecule has 2 N–H and O–H groups in total. The average Bonchev–Trinajstić information content (AvgIpc) is 2.39. The molecule has 2 fully saturated rings. The topological polar surface area (TPSA) is 38.5 Å². The van der Waals surface area contributed by atoms with Crippen LogP contribution in [0.1, 0.15) is 45.4 Å². The summed E-state index contributed by atoms with van der Waals surface area (Å²) in [7, 11) is 1.87. The van der Waals surface area contributed by atoms with E-state index in [1.54, 1.807) is 0 Å². The predicted octanol–water partition coefficient (Wildman–Crippen LogP) is 2.00. The maximum atomic E-state index is 6.19. The molecule has 0 amide bonds. The highest BCUT2D eigenvalue weighted by Gasteiger charge is 2.34. The van der Waals surface area contributed by atoms with Crippen molar-refractivity contribution in [2.45, 2.75) is 63.6 Å². The maximum absolute atomic E-state index is 6.19. The Kier molecular flexibility index (Phi) is 4.83. The molecule has 100 valence electrons. The van der Waals surface area contributed by atoms with Gasteiger partial charge in [-0.25, -0.2) is 0 Å². The molecule has 1 saturated carbocycles. The van der Waals surface area contributed by atoms with Crippen LogP contribution in [0.5, 0.6) is 0 Å². The van der Waals surface area contributed by atoms with E-state index in [2.05, 4.69) is 11.8 Å². The number of nitrogens with two attached hydrogens (primary N) is 1. The van der Waals surface area contributed by atoms with E-state index >= 15 is 0 Å². The molecule has 0 aromatic heterocycles. The second kappa shape index (κ2) is 6.17. The van der Waals surface area contributed by atoms with Gasteiger partial charge in [-0.2, -0.15) is 0 Å². The minimum Gasteiger partial charge on any atom is -0.380 e. The summed E-state index contributed by atoms with van der Waals surface area (Å²) in [6.45, 7) is 4.62. The molecular weight excluding hydrogens is 212 g/mol. The van der Waals surface area contributed by atoms with E-state index in [0.29, 0.717) is 24.1 Å². The SMILES string of the molecule is CCC1CN(C2CCCCC2OC)CCC1N. The van der Waals surface area contributed by atoms with Crippen molar-refractivity contribution in [3.05, 3.63) is 0 Å². The fourth-order valence-corrected chi connectivity index (χ4v) is 3.58. The molecule has 1 aliphatic heterocycles. The summed E-state index contributed by atoms with van der Waals surface area (Å²) >= 11 is 0. The van der Waals surface area contributed by atoms with E-state index in [1.165, 1.54) is 45.2 Å². The summed E-state index contributed by atoms with van der Waals surface area (Å²) in [6.07, 6.45) is 8.07. The van der Waals surface area contributed by atoms with E-state index in [-0.39, 0.29) is 0 Å². The Balaban J connectivity index is 1.96. The molecule has 0 spiro atoms. The van der Waals surface area contributed by atoms with E-state index in [9.17, 15) is 0 Å². The van der Waals surface area contributed by atoms with Crippen LogP contribution in [-0.4, -0.2) is 43.3 Å². The summed E-state index contributed by atoms with van der Waals surface area (Å²) in [5.74, 6) is 0.684. The van der Waals surface area contributed by atoms with Crippen molar-refractivity contribution in [2.75, 3.05) is 20.2 Å². The van der Waals surface area contributed by atoms with E-state index < -0.39 is 0 Å². The summed E-state index contributed by atoms with van der Waals surface area (Å²) in [4.78, 5) is 2.66. The van der Waals surface area contributed by atoms with Crippen molar-refractivity contribution in [2.24, 2.45) is 11.7 Å². The Morgan fingerprint density at radius 2 is 2.00 bits per heavy atom. The highest BCUT2D eigenvalue weighted by molar-refractivity contribution is 4.90. The van der Waals surface area contributed by atoms with Gasteiger partial charge in [0.1, 0.15) is 0 Å².